The van der Waals surface area contributed by atoms with Gasteiger partial charge in [0.05, 0.1) is 0 Å². The van der Waals surface area contributed by atoms with Crippen molar-refractivity contribution in [1.29, 1.82) is 0 Å². The highest BCUT2D eigenvalue weighted by Crippen LogP contribution is 1.95. The Bertz CT molecular complexity index is 300. The predicted molar refractivity (Wildman–Crippen MR) is 45.9 cm³/mol. The van der Waals surface area contributed by atoms with Crippen LogP contribution in [-0.2, 0) is 13.6 Å². The Labute approximate surface area is 71.1 Å². The molecular weight excluding hydrogens is 156 g/mol. The van der Waals surface area contributed by atoms with E-state index < -0.39 is 0 Å². The van der Waals surface area contributed by atoms with Crippen molar-refractivity contribution < 1.29 is 5.11 Å². The normalized spacial score (nSPS) is 13.2. The van der Waals surface area contributed by atoms with Gasteiger partial charge in [-0.25, -0.2) is 4.79 Å². The second-order valence-corrected chi connectivity index (χ2v) is 3.13. The Hall–Kier alpha value is -1.03. The summed E-state index contributed by atoms with van der Waals surface area (Å²) >= 11 is 0. The molecule has 1 heterocycles. The van der Waals surface area contributed by atoms with Crippen molar-refractivity contribution in [3.8, 4) is 0 Å². The minimum atomic E-state index is -0.0321. The summed E-state index contributed by atoms with van der Waals surface area (Å²) in [5, 5.41) is 8.77. The fourth-order valence-electron chi connectivity index (χ4n) is 1.04. The molecule has 0 aliphatic rings. The van der Waals surface area contributed by atoms with Crippen molar-refractivity contribution in [2.45, 2.75) is 13.5 Å². The Morgan fingerprint density at radius 2 is 2.25 bits per heavy atom. The Balaban J connectivity index is 2.76. The summed E-state index contributed by atoms with van der Waals surface area (Å²) in [4.78, 5) is 11.3. The molecule has 0 amide bonds. The molecule has 0 saturated heterocycles. The molecule has 1 N–H and O–H groups in total. The molecule has 1 aromatic heterocycles. The summed E-state index contributed by atoms with van der Waals surface area (Å²) in [6, 6.07) is 0. The molecule has 4 heteroatoms. The highest BCUT2D eigenvalue weighted by Gasteiger charge is 2.04. The van der Waals surface area contributed by atoms with Gasteiger partial charge >= 0.3 is 5.69 Å². The summed E-state index contributed by atoms with van der Waals surface area (Å²) in [5.74, 6) is 0.130. The second kappa shape index (κ2) is 3.58. The van der Waals surface area contributed by atoms with E-state index in [2.05, 4.69) is 0 Å². The van der Waals surface area contributed by atoms with E-state index in [1.54, 1.807) is 24.0 Å². The number of aromatic nitrogens is 2. The number of nitrogens with zero attached hydrogens (tertiary/aromatic N) is 2. The van der Waals surface area contributed by atoms with Gasteiger partial charge in [0, 0.05) is 32.6 Å². The van der Waals surface area contributed by atoms with Gasteiger partial charge in [0.15, 0.2) is 0 Å². The molecule has 0 aliphatic heterocycles. The topological polar surface area (TPSA) is 47.2 Å². The van der Waals surface area contributed by atoms with Crippen LogP contribution in [0.4, 0.5) is 0 Å². The molecular formula is C8H14N2O2. The van der Waals surface area contributed by atoms with E-state index in [4.69, 9.17) is 5.11 Å². The standard InChI is InChI=1S/C8H14N2O2/c1-7(6-11)5-10-4-3-9(2)8(10)12/h3-4,7,11H,5-6H2,1-2H3. The molecule has 0 saturated carbocycles. The molecule has 0 radical (unpaired) electrons. The molecule has 1 unspecified atom stereocenters. The van der Waals surface area contributed by atoms with Crippen LogP contribution in [0, 0.1) is 5.92 Å². The maximum absolute atomic E-state index is 11.3. The molecule has 1 aromatic rings. The smallest absolute Gasteiger partial charge is 0.327 e. The summed E-state index contributed by atoms with van der Waals surface area (Å²) in [7, 11) is 1.71. The second-order valence-electron chi connectivity index (χ2n) is 3.13. The van der Waals surface area contributed by atoms with Crippen LogP contribution in [0.3, 0.4) is 0 Å². The fraction of sp³-hybridized carbons (Fsp3) is 0.625. The van der Waals surface area contributed by atoms with E-state index in [-0.39, 0.29) is 18.2 Å². The monoisotopic (exact) mass is 170 g/mol. The number of rotatable bonds is 3. The highest BCUT2D eigenvalue weighted by molar-refractivity contribution is 4.80. The Morgan fingerprint density at radius 1 is 1.58 bits per heavy atom. The lowest BCUT2D eigenvalue weighted by Gasteiger charge is -2.06. The van der Waals surface area contributed by atoms with Crippen LogP contribution in [0.2, 0.25) is 0 Å². The Morgan fingerprint density at radius 3 is 2.67 bits per heavy atom. The zero-order valence-electron chi connectivity index (χ0n) is 7.40. The lowest BCUT2D eigenvalue weighted by Crippen LogP contribution is -2.25. The molecule has 0 aromatic carbocycles. The quantitative estimate of drug-likeness (QED) is 0.683. The average molecular weight is 170 g/mol. The van der Waals surface area contributed by atoms with Crippen LogP contribution in [0.15, 0.2) is 17.2 Å². The zero-order chi connectivity index (χ0) is 9.14. The van der Waals surface area contributed by atoms with Crippen LogP contribution < -0.4 is 5.69 Å². The van der Waals surface area contributed by atoms with E-state index in [1.807, 2.05) is 6.92 Å². The summed E-state index contributed by atoms with van der Waals surface area (Å²) in [5.41, 5.74) is -0.0321. The van der Waals surface area contributed by atoms with Gasteiger partial charge in [0.1, 0.15) is 0 Å². The van der Waals surface area contributed by atoms with E-state index in [9.17, 15) is 4.79 Å². The third-order valence-electron chi connectivity index (χ3n) is 1.84. The van der Waals surface area contributed by atoms with E-state index in [0.717, 1.165) is 0 Å². The van der Waals surface area contributed by atoms with Crippen molar-refractivity contribution >= 4 is 0 Å². The first-order valence-corrected chi connectivity index (χ1v) is 3.97. The van der Waals surface area contributed by atoms with Crippen LogP contribution in [0.25, 0.3) is 0 Å². The third-order valence-corrected chi connectivity index (χ3v) is 1.84. The number of hydrogen-bond acceptors (Lipinski definition) is 2. The van der Waals surface area contributed by atoms with Crippen molar-refractivity contribution in [3.05, 3.63) is 22.9 Å². The van der Waals surface area contributed by atoms with Gasteiger partial charge in [0.25, 0.3) is 0 Å². The van der Waals surface area contributed by atoms with Crippen LogP contribution in [0.1, 0.15) is 6.92 Å². The first kappa shape index (κ1) is 9.06. The van der Waals surface area contributed by atoms with Gasteiger partial charge in [-0.05, 0) is 5.92 Å². The fourth-order valence-corrected chi connectivity index (χ4v) is 1.04. The zero-order valence-corrected chi connectivity index (χ0v) is 7.40. The number of imidazole rings is 1. The molecule has 12 heavy (non-hydrogen) atoms. The Kier molecular flexibility index (Phi) is 2.70. The largest absolute Gasteiger partial charge is 0.396 e. The van der Waals surface area contributed by atoms with Gasteiger partial charge in [-0.1, -0.05) is 6.92 Å². The first-order valence-electron chi connectivity index (χ1n) is 3.97. The van der Waals surface area contributed by atoms with E-state index in [1.165, 1.54) is 4.57 Å². The third kappa shape index (κ3) is 1.76. The van der Waals surface area contributed by atoms with Gasteiger partial charge in [-0.2, -0.15) is 0 Å². The number of aliphatic hydroxyl groups excluding tert-OH is 1. The highest BCUT2D eigenvalue weighted by atomic mass is 16.3. The molecule has 0 fully saturated rings. The molecule has 1 atom stereocenters. The summed E-state index contributed by atoms with van der Waals surface area (Å²) in [6.45, 7) is 2.59. The van der Waals surface area contributed by atoms with Gasteiger partial charge in [-0.3, -0.25) is 4.57 Å². The van der Waals surface area contributed by atoms with Crippen LogP contribution >= 0.6 is 0 Å². The van der Waals surface area contributed by atoms with Crippen LogP contribution in [0.5, 0.6) is 0 Å². The molecule has 4 nitrogen and oxygen atoms in total. The maximum Gasteiger partial charge on any atom is 0.327 e. The molecule has 0 spiro atoms. The first-order chi connectivity index (χ1) is 5.65. The summed E-state index contributed by atoms with van der Waals surface area (Å²) in [6.07, 6.45) is 3.45. The lowest BCUT2D eigenvalue weighted by molar-refractivity contribution is 0.221. The average Bonchev–Trinajstić information content (AvgIpc) is 2.36. The van der Waals surface area contributed by atoms with Gasteiger partial charge in [0.2, 0.25) is 0 Å². The number of aryl methyl sites for hydroxylation is 1. The SMILES string of the molecule is CC(CO)Cn1ccn(C)c1=O. The van der Waals surface area contributed by atoms with E-state index >= 15 is 0 Å². The molecule has 0 aliphatic carbocycles. The molecule has 0 bridgehead atoms. The molecule has 68 valence electrons. The van der Waals surface area contributed by atoms with Crippen molar-refractivity contribution in [2.24, 2.45) is 13.0 Å². The molecule has 1 rings (SSSR count). The van der Waals surface area contributed by atoms with E-state index in [0.29, 0.717) is 6.54 Å². The summed E-state index contributed by atoms with van der Waals surface area (Å²) < 4.78 is 3.12. The predicted octanol–water partition coefficient (Wildman–Crippen LogP) is -0.185. The van der Waals surface area contributed by atoms with Gasteiger partial charge < -0.3 is 9.67 Å². The lowest BCUT2D eigenvalue weighted by atomic mass is 10.2. The minimum absolute atomic E-state index is 0.0321. The number of aliphatic hydroxyl groups is 1. The van der Waals surface area contributed by atoms with Crippen molar-refractivity contribution in [1.82, 2.24) is 9.13 Å². The van der Waals surface area contributed by atoms with Crippen molar-refractivity contribution in [2.75, 3.05) is 6.61 Å². The van der Waals surface area contributed by atoms with Crippen LogP contribution in [-0.4, -0.2) is 20.8 Å². The maximum atomic E-state index is 11.3. The number of hydrogen-bond donors (Lipinski definition) is 1. The van der Waals surface area contributed by atoms with Gasteiger partial charge in [-0.15, -0.1) is 0 Å². The van der Waals surface area contributed by atoms with Crippen molar-refractivity contribution in [3.63, 3.8) is 0 Å². The minimum Gasteiger partial charge on any atom is -0.396 e.